The number of hydrogen-bond acceptors (Lipinski definition) is 2. The van der Waals surface area contributed by atoms with Crippen molar-refractivity contribution in [3.63, 3.8) is 0 Å². The number of aryl methyl sites for hydroxylation is 1. The Morgan fingerprint density at radius 2 is 1.95 bits per heavy atom. The summed E-state index contributed by atoms with van der Waals surface area (Å²) in [7, 11) is 1.54. The molecule has 3 nitrogen and oxygen atoms in total. The number of halogens is 5. The van der Waals surface area contributed by atoms with E-state index in [1.54, 1.807) is 0 Å². The highest BCUT2D eigenvalue weighted by Crippen LogP contribution is 2.34. The minimum absolute atomic E-state index is 0.0200. The average molecular weight is 330 g/mol. The van der Waals surface area contributed by atoms with E-state index in [0.717, 1.165) is 12.3 Å². The fourth-order valence-electron chi connectivity index (χ4n) is 2.17. The van der Waals surface area contributed by atoms with Gasteiger partial charge in [0, 0.05) is 13.2 Å². The molecule has 0 aliphatic rings. The summed E-state index contributed by atoms with van der Waals surface area (Å²) >= 11 is 5.97. The zero-order valence-corrected chi connectivity index (χ0v) is 11.9. The number of benzene rings is 1. The van der Waals surface area contributed by atoms with Crippen LogP contribution >= 0.6 is 11.6 Å². The number of aromatic nitrogens is 3. The van der Waals surface area contributed by atoms with E-state index in [0.29, 0.717) is 0 Å². The largest absolute Gasteiger partial charge is 0.417 e. The van der Waals surface area contributed by atoms with Crippen LogP contribution in [0, 0.1) is 5.82 Å². The van der Waals surface area contributed by atoms with Crippen molar-refractivity contribution >= 4 is 22.8 Å². The SMILES string of the molecule is Cn1c(-c2c(F)cccc2Cl)nc2cc(C(F)(F)F)cnc21. The van der Waals surface area contributed by atoms with Gasteiger partial charge in [0.2, 0.25) is 0 Å². The van der Waals surface area contributed by atoms with E-state index in [4.69, 9.17) is 11.6 Å². The van der Waals surface area contributed by atoms with Crippen LogP contribution in [-0.2, 0) is 13.2 Å². The molecule has 1 aromatic carbocycles. The van der Waals surface area contributed by atoms with Gasteiger partial charge in [0.15, 0.2) is 5.65 Å². The Kier molecular flexibility index (Phi) is 3.32. The van der Waals surface area contributed by atoms with Crippen LogP contribution < -0.4 is 0 Å². The third-order valence-electron chi connectivity index (χ3n) is 3.22. The lowest BCUT2D eigenvalue weighted by Gasteiger charge is -2.06. The minimum atomic E-state index is -4.52. The molecule has 0 saturated heterocycles. The van der Waals surface area contributed by atoms with Crippen LogP contribution in [0.25, 0.3) is 22.6 Å². The predicted molar refractivity (Wildman–Crippen MR) is 73.9 cm³/mol. The van der Waals surface area contributed by atoms with Gasteiger partial charge < -0.3 is 4.57 Å². The van der Waals surface area contributed by atoms with Crippen molar-refractivity contribution in [2.45, 2.75) is 6.18 Å². The molecule has 3 aromatic rings. The summed E-state index contributed by atoms with van der Waals surface area (Å²) in [5.74, 6) is -0.494. The van der Waals surface area contributed by atoms with E-state index in [9.17, 15) is 17.6 Å². The monoisotopic (exact) mass is 329 g/mol. The quantitative estimate of drug-likeness (QED) is 0.618. The van der Waals surface area contributed by atoms with Crippen LogP contribution in [0.1, 0.15) is 5.56 Å². The smallest absolute Gasteiger partial charge is 0.312 e. The van der Waals surface area contributed by atoms with Crippen molar-refractivity contribution in [2.75, 3.05) is 0 Å². The summed E-state index contributed by atoms with van der Waals surface area (Å²) in [6, 6.07) is 4.99. The third kappa shape index (κ3) is 2.31. The summed E-state index contributed by atoms with van der Waals surface area (Å²) in [5.41, 5.74) is -0.656. The van der Waals surface area contributed by atoms with Crippen molar-refractivity contribution in [3.05, 3.63) is 46.9 Å². The molecule has 0 spiro atoms. The van der Waals surface area contributed by atoms with E-state index < -0.39 is 17.6 Å². The highest BCUT2D eigenvalue weighted by molar-refractivity contribution is 6.33. The van der Waals surface area contributed by atoms with Gasteiger partial charge in [0.05, 0.1) is 16.1 Å². The fraction of sp³-hybridized carbons (Fsp3) is 0.143. The molecule has 0 fully saturated rings. The third-order valence-corrected chi connectivity index (χ3v) is 3.54. The van der Waals surface area contributed by atoms with Gasteiger partial charge in [0.1, 0.15) is 17.2 Å². The summed E-state index contributed by atoms with van der Waals surface area (Å²) in [6.45, 7) is 0. The van der Waals surface area contributed by atoms with Gasteiger partial charge in [-0.25, -0.2) is 14.4 Å². The number of rotatable bonds is 1. The maximum Gasteiger partial charge on any atom is 0.417 e. The van der Waals surface area contributed by atoms with E-state index in [-0.39, 0.29) is 27.6 Å². The van der Waals surface area contributed by atoms with Crippen molar-refractivity contribution in [3.8, 4) is 11.4 Å². The van der Waals surface area contributed by atoms with Crippen LogP contribution in [0.3, 0.4) is 0 Å². The summed E-state index contributed by atoms with van der Waals surface area (Å²) in [6.07, 6.45) is -3.80. The molecule has 3 rings (SSSR count). The Labute approximate surface area is 127 Å². The number of pyridine rings is 1. The van der Waals surface area contributed by atoms with E-state index in [1.165, 1.54) is 29.8 Å². The normalized spacial score (nSPS) is 12.1. The van der Waals surface area contributed by atoms with E-state index in [1.807, 2.05) is 0 Å². The molecule has 0 aliphatic carbocycles. The summed E-state index contributed by atoms with van der Waals surface area (Å²) < 4.78 is 53.5. The molecule has 0 amide bonds. The molecule has 22 heavy (non-hydrogen) atoms. The zero-order valence-electron chi connectivity index (χ0n) is 11.1. The van der Waals surface area contributed by atoms with Crippen molar-refractivity contribution < 1.29 is 17.6 Å². The highest BCUT2D eigenvalue weighted by Gasteiger charge is 2.32. The first kappa shape index (κ1) is 14.8. The Bertz CT molecular complexity index is 850. The molecule has 8 heteroatoms. The van der Waals surface area contributed by atoms with Gasteiger partial charge in [-0.1, -0.05) is 17.7 Å². The van der Waals surface area contributed by atoms with E-state index in [2.05, 4.69) is 9.97 Å². The van der Waals surface area contributed by atoms with Crippen LogP contribution in [0.2, 0.25) is 5.02 Å². The molecule has 0 bridgehead atoms. The molecule has 2 heterocycles. The second-order valence-corrected chi connectivity index (χ2v) is 5.06. The molecule has 0 aliphatic heterocycles. The molecule has 2 aromatic heterocycles. The van der Waals surface area contributed by atoms with Gasteiger partial charge in [0.25, 0.3) is 0 Å². The second kappa shape index (κ2) is 4.95. The zero-order chi connectivity index (χ0) is 16.1. The molecule has 0 unspecified atom stereocenters. The molecule has 0 N–H and O–H groups in total. The van der Waals surface area contributed by atoms with Crippen LogP contribution in [0.15, 0.2) is 30.5 Å². The first-order chi connectivity index (χ1) is 10.3. The Morgan fingerprint density at radius 1 is 1.23 bits per heavy atom. The van der Waals surface area contributed by atoms with Crippen molar-refractivity contribution in [1.29, 1.82) is 0 Å². The van der Waals surface area contributed by atoms with Crippen LogP contribution in [0.4, 0.5) is 17.6 Å². The lowest BCUT2D eigenvalue weighted by molar-refractivity contribution is -0.137. The molecular weight excluding hydrogens is 322 g/mol. The standard InChI is InChI=1S/C14H8ClF4N3/c1-22-12-10(5-7(6-20-12)14(17,18)19)21-13(22)11-8(15)3-2-4-9(11)16/h2-6H,1H3. The summed E-state index contributed by atoms with van der Waals surface area (Å²) in [4.78, 5) is 7.82. The Hall–Kier alpha value is -2.15. The first-order valence-electron chi connectivity index (χ1n) is 6.13. The lowest BCUT2D eigenvalue weighted by Crippen LogP contribution is -2.05. The van der Waals surface area contributed by atoms with Crippen LogP contribution in [-0.4, -0.2) is 14.5 Å². The predicted octanol–water partition coefficient (Wildman–Crippen LogP) is 4.45. The maximum atomic E-state index is 14.0. The lowest BCUT2D eigenvalue weighted by atomic mass is 10.2. The maximum absolute atomic E-state index is 14.0. The Morgan fingerprint density at radius 3 is 2.59 bits per heavy atom. The van der Waals surface area contributed by atoms with Gasteiger partial charge >= 0.3 is 6.18 Å². The molecule has 114 valence electrons. The van der Waals surface area contributed by atoms with E-state index >= 15 is 0 Å². The number of imidazole rings is 1. The molecule has 0 saturated carbocycles. The van der Waals surface area contributed by atoms with Crippen molar-refractivity contribution in [1.82, 2.24) is 14.5 Å². The average Bonchev–Trinajstić information content (AvgIpc) is 2.75. The van der Waals surface area contributed by atoms with Crippen LogP contribution in [0.5, 0.6) is 0 Å². The number of alkyl halides is 3. The number of fused-ring (bicyclic) bond motifs is 1. The first-order valence-corrected chi connectivity index (χ1v) is 6.51. The minimum Gasteiger partial charge on any atom is -0.312 e. The molecular formula is C14H8ClF4N3. The van der Waals surface area contributed by atoms with Gasteiger partial charge in [-0.2, -0.15) is 13.2 Å². The van der Waals surface area contributed by atoms with Gasteiger partial charge in [-0.05, 0) is 18.2 Å². The van der Waals surface area contributed by atoms with Gasteiger partial charge in [-0.3, -0.25) is 0 Å². The Balaban J connectivity index is 2.26. The number of hydrogen-bond donors (Lipinski definition) is 0. The van der Waals surface area contributed by atoms with Gasteiger partial charge in [-0.15, -0.1) is 0 Å². The summed E-state index contributed by atoms with van der Waals surface area (Å²) in [5, 5.41) is 0.120. The van der Waals surface area contributed by atoms with Crippen molar-refractivity contribution in [2.24, 2.45) is 7.05 Å². The highest BCUT2D eigenvalue weighted by atomic mass is 35.5. The topological polar surface area (TPSA) is 30.7 Å². The molecule has 0 radical (unpaired) electrons. The second-order valence-electron chi connectivity index (χ2n) is 4.66. The molecule has 0 atom stereocenters. The fourth-order valence-corrected chi connectivity index (χ4v) is 2.41. The number of nitrogens with zero attached hydrogens (tertiary/aromatic N) is 3.